The molecular weight excluding hydrogens is 278 g/mol. The van der Waals surface area contributed by atoms with Crippen LogP contribution in [0.15, 0.2) is 29.3 Å². The van der Waals surface area contributed by atoms with E-state index in [9.17, 15) is 8.42 Å². The normalized spacial score (nSPS) is 18.2. The van der Waals surface area contributed by atoms with Gasteiger partial charge >= 0.3 is 0 Å². The molecule has 0 saturated carbocycles. The van der Waals surface area contributed by atoms with Crippen molar-refractivity contribution in [2.45, 2.75) is 11.3 Å². The van der Waals surface area contributed by atoms with E-state index in [0.717, 1.165) is 5.52 Å². The molecule has 2 aromatic rings. The lowest BCUT2D eigenvalue weighted by atomic mass is 10.2. The zero-order valence-electron chi connectivity index (χ0n) is 11.0. The van der Waals surface area contributed by atoms with Gasteiger partial charge in [0.05, 0.1) is 6.61 Å². The zero-order chi connectivity index (χ0) is 14.2. The van der Waals surface area contributed by atoms with Gasteiger partial charge < -0.3 is 15.5 Å². The molecule has 1 aliphatic rings. The number of nitrogen functional groups attached to an aromatic ring is 1. The number of aromatic amines is 1. The second kappa shape index (κ2) is 5.08. The average molecular weight is 295 g/mol. The Balaban J connectivity index is 2.06. The van der Waals surface area contributed by atoms with Gasteiger partial charge in [-0.3, -0.25) is 0 Å². The minimum atomic E-state index is -3.52. The molecule has 7 heteroatoms. The Bertz CT molecular complexity index is 716. The van der Waals surface area contributed by atoms with E-state index in [4.69, 9.17) is 10.5 Å². The Morgan fingerprint density at radius 2 is 2.10 bits per heavy atom. The van der Waals surface area contributed by atoms with Crippen molar-refractivity contribution in [2.24, 2.45) is 0 Å². The van der Waals surface area contributed by atoms with Gasteiger partial charge in [0.1, 0.15) is 4.90 Å². The summed E-state index contributed by atoms with van der Waals surface area (Å²) in [6.07, 6.45) is 2.24. The molecule has 0 amide bonds. The van der Waals surface area contributed by atoms with Gasteiger partial charge in [0.2, 0.25) is 10.0 Å². The van der Waals surface area contributed by atoms with Gasteiger partial charge in [-0.05, 0) is 24.6 Å². The van der Waals surface area contributed by atoms with Crippen molar-refractivity contribution in [3.05, 3.63) is 24.4 Å². The predicted molar refractivity (Wildman–Crippen MR) is 76.9 cm³/mol. The lowest BCUT2D eigenvalue weighted by molar-refractivity contribution is 0.148. The lowest BCUT2D eigenvalue weighted by Gasteiger charge is -2.18. The van der Waals surface area contributed by atoms with Crippen molar-refractivity contribution >= 4 is 26.6 Å². The Morgan fingerprint density at radius 1 is 1.25 bits per heavy atom. The maximum Gasteiger partial charge on any atom is 0.245 e. The highest BCUT2D eigenvalue weighted by Gasteiger charge is 2.27. The van der Waals surface area contributed by atoms with Crippen molar-refractivity contribution in [1.82, 2.24) is 9.29 Å². The molecule has 3 N–H and O–H groups in total. The molecule has 0 bridgehead atoms. The SMILES string of the molecule is Nc1ccc2[nH]cc(S(=O)(=O)N3CCCOCC3)c2c1. The molecule has 20 heavy (non-hydrogen) atoms. The van der Waals surface area contributed by atoms with Crippen LogP contribution in [0.25, 0.3) is 10.9 Å². The lowest BCUT2D eigenvalue weighted by Crippen LogP contribution is -2.33. The standard InChI is InChI=1S/C13H17N3O3S/c14-10-2-3-12-11(8-10)13(9-15-12)20(17,18)16-4-1-6-19-7-5-16/h2-3,8-9,15H,1,4-7,14H2. The summed E-state index contributed by atoms with van der Waals surface area (Å²) in [7, 11) is -3.52. The van der Waals surface area contributed by atoms with Crippen LogP contribution in [0.5, 0.6) is 0 Å². The van der Waals surface area contributed by atoms with Gasteiger partial charge in [-0.1, -0.05) is 0 Å². The smallest absolute Gasteiger partial charge is 0.245 e. The van der Waals surface area contributed by atoms with Crippen LogP contribution in [0, 0.1) is 0 Å². The monoisotopic (exact) mass is 295 g/mol. The quantitative estimate of drug-likeness (QED) is 0.814. The number of nitrogens with one attached hydrogen (secondary N) is 1. The molecule has 108 valence electrons. The van der Waals surface area contributed by atoms with Gasteiger partial charge in [0, 0.05) is 42.5 Å². The third-order valence-corrected chi connectivity index (χ3v) is 5.41. The first-order chi connectivity index (χ1) is 9.59. The van der Waals surface area contributed by atoms with Gasteiger partial charge in [-0.15, -0.1) is 0 Å². The minimum Gasteiger partial charge on any atom is -0.399 e. The molecule has 1 saturated heterocycles. The number of ether oxygens (including phenoxy) is 1. The maximum atomic E-state index is 12.7. The number of sulfonamides is 1. The number of hydrogen-bond donors (Lipinski definition) is 2. The number of hydrogen-bond acceptors (Lipinski definition) is 4. The Hall–Kier alpha value is -1.57. The summed E-state index contributed by atoms with van der Waals surface area (Å²) < 4.78 is 32.3. The molecule has 0 unspecified atom stereocenters. The van der Waals surface area contributed by atoms with E-state index in [1.807, 2.05) is 0 Å². The summed E-state index contributed by atoms with van der Waals surface area (Å²) in [5.41, 5.74) is 7.07. The summed E-state index contributed by atoms with van der Waals surface area (Å²) >= 11 is 0. The summed E-state index contributed by atoms with van der Waals surface area (Å²) in [6.45, 7) is 1.91. The van der Waals surface area contributed by atoms with Crippen molar-refractivity contribution < 1.29 is 13.2 Å². The van der Waals surface area contributed by atoms with Crippen LogP contribution in [-0.4, -0.2) is 44.0 Å². The number of benzene rings is 1. The largest absolute Gasteiger partial charge is 0.399 e. The molecular formula is C13H17N3O3S. The second-order valence-corrected chi connectivity index (χ2v) is 6.73. The highest BCUT2D eigenvalue weighted by Crippen LogP contribution is 2.27. The number of H-pyrrole nitrogens is 1. The molecule has 0 radical (unpaired) electrons. The number of fused-ring (bicyclic) bond motifs is 1. The molecule has 1 fully saturated rings. The van der Waals surface area contributed by atoms with E-state index >= 15 is 0 Å². The van der Waals surface area contributed by atoms with Gasteiger partial charge in [-0.2, -0.15) is 4.31 Å². The van der Waals surface area contributed by atoms with Crippen LogP contribution in [0.1, 0.15) is 6.42 Å². The van der Waals surface area contributed by atoms with Gasteiger partial charge in [-0.25, -0.2) is 8.42 Å². The number of nitrogens with zero attached hydrogens (tertiary/aromatic N) is 1. The first-order valence-corrected chi connectivity index (χ1v) is 7.97. The summed E-state index contributed by atoms with van der Waals surface area (Å²) in [5, 5.41) is 0.634. The van der Waals surface area contributed by atoms with Gasteiger partial charge in [0.15, 0.2) is 0 Å². The van der Waals surface area contributed by atoms with Crippen LogP contribution < -0.4 is 5.73 Å². The first kappa shape index (κ1) is 13.4. The van der Waals surface area contributed by atoms with Crippen LogP contribution >= 0.6 is 0 Å². The molecule has 2 heterocycles. The Kier molecular flexibility index (Phi) is 3.41. The first-order valence-electron chi connectivity index (χ1n) is 6.53. The third-order valence-electron chi connectivity index (χ3n) is 3.47. The molecule has 1 aromatic heterocycles. The average Bonchev–Trinajstić information content (AvgIpc) is 2.65. The minimum absolute atomic E-state index is 0.279. The van der Waals surface area contributed by atoms with Crippen LogP contribution in [0.4, 0.5) is 5.69 Å². The van der Waals surface area contributed by atoms with Crippen molar-refractivity contribution in [2.75, 3.05) is 32.0 Å². The number of aromatic nitrogens is 1. The summed E-state index contributed by atoms with van der Waals surface area (Å²) in [5.74, 6) is 0. The fourth-order valence-electron chi connectivity index (χ4n) is 2.43. The summed E-state index contributed by atoms with van der Waals surface area (Å²) in [6, 6.07) is 5.22. The van der Waals surface area contributed by atoms with Crippen LogP contribution in [-0.2, 0) is 14.8 Å². The van der Waals surface area contributed by atoms with Crippen LogP contribution in [0.3, 0.4) is 0 Å². The fraction of sp³-hybridized carbons (Fsp3) is 0.385. The molecule has 1 aliphatic heterocycles. The molecule has 0 aliphatic carbocycles. The Labute approximate surface area is 117 Å². The molecule has 6 nitrogen and oxygen atoms in total. The van der Waals surface area contributed by atoms with Crippen molar-refractivity contribution in [1.29, 1.82) is 0 Å². The van der Waals surface area contributed by atoms with E-state index < -0.39 is 10.0 Å². The van der Waals surface area contributed by atoms with E-state index in [-0.39, 0.29) is 4.90 Å². The van der Waals surface area contributed by atoms with Crippen LogP contribution in [0.2, 0.25) is 0 Å². The van der Waals surface area contributed by atoms with E-state index in [1.165, 1.54) is 10.5 Å². The van der Waals surface area contributed by atoms with E-state index in [1.54, 1.807) is 18.2 Å². The van der Waals surface area contributed by atoms with Crippen molar-refractivity contribution in [3.8, 4) is 0 Å². The van der Waals surface area contributed by atoms with E-state index in [2.05, 4.69) is 4.98 Å². The van der Waals surface area contributed by atoms with E-state index in [0.29, 0.717) is 43.8 Å². The van der Waals surface area contributed by atoms with Gasteiger partial charge in [0.25, 0.3) is 0 Å². The van der Waals surface area contributed by atoms with Crippen molar-refractivity contribution in [3.63, 3.8) is 0 Å². The highest BCUT2D eigenvalue weighted by atomic mass is 32.2. The summed E-state index contributed by atoms with van der Waals surface area (Å²) in [4.78, 5) is 3.26. The molecule has 0 spiro atoms. The zero-order valence-corrected chi connectivity index (χ0v) is 11.8. The Morgan fingerprint density at radius 3 is 2.95 bits per heavy atom. The maximum absolute atomic E-state index is 12.7. The molecule has 0 atom stereocenters. The highest BCUT2D eigenvalue weighted by molar-refractivity contribution is 7.89. The third kappa shape index (κ3) is 2.28. The number of anilines is 1. The molecule has 3 rings (SSSR count). The number of nitrogens with two attached hydrogens (primary N) is 1. The molecule has 1 aromatic carbocycles. The topological polar surface area (TPSA) is 88.4 Å². The predicted octanol–water partition coefficient (Wildman–Crippen LogP) is 1.16. The fourth-order valence-corrected chi connectivity index (χ4v) is 4.05. The second-order valence-electron chi connectivity index (χ2n) is 4.83. The number of rotatable bonds is 2.